The lowest BCUT2D eigenvalue weighted by Crippen LogP contribution is -2.46. The Morgan fingerprint density at radius 3 is 2.52 bits per heavy atom. The van der Waals surface area contributed by atoms with E-state index >= 15 is 0 Å². The summed E-state index contributed by atoms with van der Waals surface area (Å²) in [6, 6.07) is 13.9. The summed E-state index contributed by atoms with van der Waals surface area (Å²) in [6.07, 6.45) is 0. The highest BCUT2D eigenvalue weighted by Crippen LogP contribution is 2.24. The number of hydrogen-bond acceptors (Lipinski definition) is 3. The average Bonchev–Trinajstić information content (AvgIpc) is 2.63. The van der Waals surface area contributed by atoms with Gasteiger partial charge in [0.05, 0.1) is 0 Å². The van der Waals surface area contributed by atoms with Crippen molar-refractivity contribution in [3.63, 3.8) is 0 Å². The molecule has 0 saturated carbocycles. The third-order valence-corrected chi connectivity index (χ3v) is 5.40. The Labute approximate surface area is 163 Å². The molecule has 1 aliphatic rings. The lowest BCUT2D eigenvalue weighted by molar-refractivity contribution is 0.102. The fourth-order valence-electron chi connectivity index (χ4n) is 3.13. The van der Waals surface area contributed by atoms with Gasteiger partial charge < -0.3 is 15.1 Å². The van der Waals surface area contributed by atoms with Crippen LogP contribution >= 0.6 is 22.6 Å². The predicted molar refractivity (Wildman–Crippen MR) is 113 cm³/mol. The second-order valence-electron chi connectivity index (χ2n) is 6.39. The van der Waals surface area contributed by atoms with Crippen LogP contribution in [0.2, 0.25) is 0 Å². The molecule has 1 N–H and O–H groups in total. The van der Waals surface area contributed by atoms with Gasteiger partial charge in [0, 0.05) is 46.7 Å². The number of piperazine rings is 1. The number of hydrogen-bond donors (Lipinski definition) is 1. The number of likely N-dealkylation sites (N-methyl/N-ethyl adjacent to an activating group) is 1. The smallest absolute Gasteiger partial charge is 0.255 e. The molecule has 0 aromatic heterocycles. The lowest BCUT2D eigenvalue weighted by Gasteiger charge is -2.35. The molecule has 1 fully saturated rings. The van der Waals surface area contributed by atoms with Gasteiger partial charge in [-0.15, -0.1) is 0 Å². The van der Waals surface area contributed by atoms with Crippen LogP contribution in [0, 0.1) is 10.5 Å². The van der Waals surface area contributed by atoms with E-state index in [1.165, 1.54) is 5.69 Å². The van der Waals surface area contributed by atoms with E-state index in [1.807, 2.05) is 30.3 Å². The summed E-state index contributed by atoms with van der Waals surface area (Å²) in [7, 11) is 0. The van der Waals surface area contributed by atoms with Crippen LogP contribution in [0.1, 0.15) is 22.8 Å². The highest BCUT2D eigenvalue weighted by molar-refractivity contribution is 14.1. The molecule has 0 unspecified atom stereocenters. The molecular weight excluding hydrogens is 425 g/mol. The van der Waals surface area contributed by atoms with Gasteiger partial charge in [-0.05, 0) is 78.0 Å². The molecule has 25 heavy (non-hydrogen) atoms. The molecule has 1 heterocycles. The van der Waals surface area contributed by atoms with Crippen molar-refractivity contribution in [1.29, 1.82) is 0 Å². The van der Waals surface area contributed by atoms with Gasteiger partial charge in [0.15, 0.2) is 0 Å². The number of nitrogens with zero attached hydrogens (tertiary/aromatic N) is 2. The number of halogens is 1. The summed E-state index contributed by atoms with van der Waals surface area (Å²) in [5.41, 5.74) is 3.89. The van der Waals surface area contributed by atoms with E-state index in [0.717, 1.165) is 47.5 Å². The monoisotopic (exact) mass is 449 g/mol. The molecule has 0 radical (unpaired) electrons. The van der Waals surface area contributed by atoms with Crippen molar-refractivity contribution in [2.45, 2.75) is 13.8 Å². The van der Waals surface area contributed by atoms with Crippen LogP contribution in [0.25, 0.3) is 0 Å². The van der Waals surface area contributed by atoms with Gasteiger partial charge in [-0.2, -0.15) is 0 Å². The minimum absolute atomic E-state index is 0.0640. The molecule has 1 amide bonds. The lowest BCUT2D eigenvalue weighted by atomic mass is 10.1. The van der Waals surface area contributed by atoms with Crippen molar-refractivity contribution < 1.29 is 4.79 Å². The summed E-state index contributed by atoms with van der Waals surface area (Å²) >= 11 is 2.22. The van der Waals surface area contributed by atoms with Crippen molar-refractivity contribution in [2.75, 3.05) is 42.9 Å². The van der Waals surface area contributed by atoms with Crippen LogP contribution in [0.5, 0.6) is 0 Å². The molecule has 3 rings (SSSR count). The highest BCUT2D eigenvalue weighted by Gasteiger charge is 2.16. The van der Waals surface area contributed by atoms with Crippen molar-refractivity contribution in [3.8, 4) is 0 Å². The number of carbonyl (C=O) groups excluding carboxylic acids is 1. The molecule has 0 aliphatic carbocycles. The minimum atomic E-state index is -0.0640. The van der Waals surface area contributed by atoms with Crippen molar-refractivity contribution in [3.05, 3.63) is 57.2 Å². The van der Waals surface area contributed by atoms with E-state index in [1.54, 1.807) is 0 Å². The Hall–Kier alpha value is -1.60. The Balaban J connectivity index is 1.69. The number of anilines is 2. The summed E-state index contributed by atoms with van der Waals surface area (Å²) in [6.45, 7) is 9.72. The van der Waals surface area contributed by atoms with Gasteiger partial charge in [0.25, 0.3) is 5.91 Å². The number of amides is 1. The van der Waals surface area contributed by atoms with E-state index in [4.69, 9.17) is 0 Å². The van der Waals surface area contributed by atoms with Crippen molar-refractivity contribution in [1.82, 2.24) is 4.90 Å². The highest BCUT2D eigenvalue weighted by atomic mass is 127. The van der Waals surface area contributed by atoms with E-state index in [-0.39, 0.29) is 5.91 Å². The molecule has 132 valence electrons. The van der Waals surface area contributed by atoms with Crippen molar-refractivity contribution >= 4 is 39.9 Å². The standard InChI is InChI=1S/C20H24IN3O/c1-3-23-9-11-24(12-10-23)18-7-8-19(15(2)13-18)22-20(25)16-5-4-6-17(21)14-16/h4-8,13-14H,3,9-12H2,1-2H3,(H,22,25). The van der Waals surface area contributed by atoms with Gasteiger partial charge in [0.2, 0.25) is 0 Å². The van der Waals surface area contributed by atoms with E-state index in [0.29, 0.717) is 5.56 Å². The minimum Gasteiger partial charge on any atom is -0.369 e. The van der Waals surface area contributed by atoms with E-state index < -0.39 is 0 Å². The van der Waals surface area contributed by atoms with Crippen LogP contribution in [0.3, 0.4) is 0 Å². The Morgan fingerprint density at radius 2 is 1.88 bits per heavy atom. The SMILES string of the molecule is CCN1CCN(c2ccc(NC(=O)c3cccc(I)c3)c(C)c2)CC1. The van der Waals surface area contributed by atoms with Crippen LogP contribution in [0.4, 0.5) is 11.4 Å². The molecule has 0 atom stereocenters. The van der Waals surface area contributed by atoms with Gasteiger partial charge >= 0.3 is 0 Å². The molecule has 0 bridgehead atoms. The third-order valence-electron chi connectivity index (χ3n) is 4.73. The van der Waals surface area contributed by atoms with Gasteiger partial charge in [-0.1, -0.05) is 13.0 Å². The maximum Gasteiger partial charge on any atom is 0.255 e. The molecule has 1 saturated heterocycles. The maximum atomic E-state index is 12.4. The summed E-state index contributed by atoms with van der Waals surface area (Å²) in [4.78, 5) is 17.3. The zero-order valence-corrected chi connectivity index (χ0v) is 16.9. The van der Waals surface area contributed by atoms with Gasteiger partial charge in [-0.3, -0.25) is 4.79 Å². The first kappa shape index (κ1) is 18.2. The quantitative estimate of drug-likeness (QED) is 0.718. The Morgan fingerprint density at radius 1 is 1.12 bits per heavy atom. The first-order chi connectivity index (χ1) is 12.1. The largest absolute Gasteiger partial charge is 0.369 e. The third kappa shape index (κ3) is 4.52. The molecule has 0 spiro atoms. The van der Waals surface area contributed by atoms with Crippen LogP contribution in [-0.4, -0.2) is 43.5 Å². The fraction of sp³-hybridized carbons (Fsp3) is 0.350. The predicted octanol–water partition coefficient (Wildman–Crippen LogP) is 3.99. The Bertz CT molecular complexity index is 754. The molecular formula is C20H24IN3O. The number of nitrogens with one attached hydrogen (secondary N) is 1. The molecule has 5 heteroatoms. The van der Waals surface area contributed by atoms with E-state index in [2.05, 4.69) is 63.7 Å². The molecule has 2 aromatic carbocycles. The first-order valence-electron chi connectivity index (χ1n) is 8.71. The summed E-state index contributed by atoms with van der Waals surface area (Å²) in [5.74, 6) is -0.0640. The number of aryl methyl sites for hydroxylation is 1. The zero-order chi connectivity index (χ0) is 17.8. The molecule has 4 nitrogen and oxygen atoms in total. The second kappa shape index (κ2) is 8.19. The summed E-state index contributed by atoms with van der Waals surface area (Å²) in [5, 5.41) is 3.03. The second-order valence-corrected chi connectivity index (χ2v) is 7.63. The van der Waals surface area contributed by atoms with Gasteiger partial charge in [0.1, 0.15) is 0 Å². The molecule has 2 aromatic rings. The maximum absolute atomic E-state index is 12.4. The van der Waals surface area contributed by atoms with Crippen molar-refractivity contribution in [2.24, 2.45) is 0 Å². The summed E-state index contributed by atoms with van der Waals surface area (Å²) < 4.78 is 1.06. The van der Waals surface area contributed by atoms with E-state index in [9.17, 15) is 4.79 Å². The zero-order valence-electron chi connectivity index (χ0n) is 14.8. The molecule has 1 aliphatic heterocycles. The first-order valence-corrected chi connectivity index (χ1v) is 9.79. The number of carbonyl (C=O) groups is 1. The normalized spacial score (nSPS) is 15.2. The average molecular weight is 449 g/mol. The van der Waals surface area contributed by atoms with Crippen LogP contribution in [-0.2, 0) is 0 Å². The van der Waals surface area contributed by atoms with Gasteiger partial charge in [-0.25, -0.2) is 0 Å². The van der Waals surface area contributed by atoms with Crippen LogP contribution < -0.4 is 10.2 Å². The number of benzene rings is 2. The fourth-order valence-corrected chi connectivity index (χ4v) is 3.67. The topological polar surface area (TPSA) is 35.6 Å². The van der Waals surface area contributed by atoms with Crippen LogP contribution in [0.15, 0.2) is 42.5 Å². The number of rotatable bonds is 4. The Kier molecular flexibility index (Phi) is 5.96.